The minimum absolute atomic E-state index is 0.119. The Balaban J connectivity index is 1.48. The predicted octanol–water partition coefficient (Wildman–Crippen LogP) is 3.18. The van der Waals surface area contributed by atoms with Crippen molar-refractivity contribution in [3.63, 3.8) is 0 Å². The number of carbonyl (C=O) groups excluding carboxylic acids is 2. The first-order valence-electron chi connectivity index (χ1n) is 9.05. The van der Waals surface area contributed by atoms with E-state index in [1.165, 1.54) is 18.1 Å². The zero-order valence-electron chi connectivity index (χ0n) is 15.5. The Bertz CT molecular complexity index is 909. The smallest absolute Gasteiger partial charge is 0.238 e. The fraction of sp³-hybridized carbons (Fsp3) is 0.333. The normalized spacial score (nSPS) is 17.1. The highest BCUT2D eigenvalue weighted by atomic mass is 16.7. The first-order chi connectivity index (χ1) is 13.0. The highest BCUT2D eigenvalue weighted by Gasteiger charge is 2.27. The minimum atomic E-state index is -0.164. The Hall–Kier alpha value is -2.86. The molecule has 0 saturated heterocycles. The van der Waals surface area contributed by atoms with Gasteiger partial charge in [-0.15, -0.1) is 0 Å². The van der Waals surface area contributed by atoms with Crippen molar-refractivity contribution in [1.29, 1.82) is 0 Å². The van der Waals surface area contributed by atoms with Gasteiger partial charge in [-0.2, -0.15) is 0 Å². The number of carbonyl (C=O) groups is 2. The lowest BCUT2D eigenvalue weighted by molar-refractivity contribution is -0.117. The Morgan fingerprint density at radius 2 is 1.93 bits per heavy atom. The van der Waals surface area contributed by atoms with E-state index in [0.717, 1.165) is 12.8 Å². The van der Waals surface area contributed by atoms with E-state index >= 15 is 0 Å². The van der Waals surface area contributed by atoms with E-state index < -0.39 is 0 Å². The van der Waals surface area contributed by atoms with Crippen LogP contribution in [0, 0.1) is 0 Å². The van der Waals surface area contributed by atoms with Crippen LogP contribution in [0.25, 0.3) is 0 Å². The van der Waals surface area contributed by atoms with Crippen molar-refractivity contribution in [3.8, 4) is 11.5 Å². The molecule has 2 aromatic rings. The first-order valence-corrected chi connectivity index (χ1v) is 9.05. The lowest BCUT2D eigenvalue weighted by Crippen LogP contribution is -2.32. The number of rotatable bonds is 5. The molecule has 27 heavy (non-hydrogen) atoms. The molecule has 0 unspecified atom stereocenters. The van der Waals surface area contributed by atoms with E-state index in [2.05, 4.69) is 28.4 Å². The Morgan fingerprint density at radius 3 is 2.70 bits per heavy atom. The number of amides is 1. The number of nitrogens with zero attached hydrogens (tertiary/aromatic N) is 1. The van der Waals surface area contributed by atoms with Gasteiger partial charge in [-0.1, -0.05) is 24.3 Å². The van der Waals surface area contributed by atoms with Crippen LogP contribution in [0.3, 0.4) is 0 Å². The zero-order valence-corrected chi connectivity index (χ0v) is 15.5. The van der Waals surface area contributed by atoms with Gasteiger partial charge < -0.3 is 14.8 Å². The lowest BCUT2D eigenvalue weighted by Gasteiger charge is -2.24. The van der Waals surface area contributed by atoms with Crippen molar-refractivity contribution in [3.05, 3.63) is 53.1 Å². The third-order valence-electron chi connectivity index (χ3n) is 5.19. The molecule has 0 radical (unpaired) electrons. The monoisotopic (exact) mass is 366 g/mol. The van der Waals surface area contributed by atoms with Crippen LogP contribution in [0.4, 0.5) is 5.69 Å². The SMILES string of the molecule is CC(=O)c1cc2c(cc1NC(=O)CN(C)[C@@H]1CCc3ccccc31)OCO2. The average molecular weight is 366 g/mol. The second-order valence-corrected chi connectivity index (χ2v) is 7.02. The van der Waals surface area contributed by atoms with E-state index in [-0.39, 0.29) is 31.1 Å². The Morgan fingerprint density at radius 1 is 1.19 bits per heavy atom. The maximum Gasteiger partial charge on any atom is 0.238 e. The first kappa shape index (κ1) is 17.5. The number of Topliss-reactive ketones (excluding diaryl/α,β-unsaturated/α-hetero) is 1. The van der Waals surface area contributed by atoms with Gasteiger partial charge >= 0.3 is 0 Å². The number of aryl methyl sites for hydroxylation is 1. The highest BCUT2D eigenvalue weighted by Crippen LogP contribution is 2.38. The molecule has 2 aliphatic rings. The minimum Gasteiger partial charge on any atom is -0.454 e. The van der Waals surface area contributed by atoms with Crippen LogP contribution in [0.2, 0.25) is 0 Å². The number of ether oxygens (including phenoxy) is 2. The van der Waals surface area contributed by atoms with Gasteiger partial charge in [-0.25, -0.2) is 0 Å². The number of likely N-dealkylation sites (N-methyl/N-ethyl adjacent to an activating group) is 1. The number of fused-ring (bicyclic) bond motifs is 2. The summed E-state index contributed by atoms with van der Waals surface area (Å²) in [6, 6.07) is 11.9. The van der Waals surface area contributed by atoms with E-state index in [0.29, 0.717) is 22.7 Å². The van der Waals surface area contributed by atoms with Crippen molar-refractivity contribution >= 4 is 17.4 Å². The molecule has 1 N–H and O–H groups in total. The summed E-state index contributed by atoms with van der Waals surface area (Å²) in [5, 5.41) is 2.86. The van der Waals surface area contributed by atoms with Gasteiger partial charge in [0.05, 0.1) is 12.2 Å². The fourth-order valence-corrected chi connectivity index (χ4v) is 3.86. The van der Waals surface area contributed by atoms with Gasteiger partial charge in [0.2, 0.25) is 12.7 Å². The van der Waals surface area contributed by atoms with Crippen LogP contribution in [-0.4, -0.2) is 37.0 Å². The molecule has 140 valence electrons. The number of benzene rings is 2. The lowest BCUT2D eigenvalue weighted by atomic mass is 10.1. The molecule has 1 atom stereocenters. The van der Waals surface area contributed by atoms with Crippen molar-refractivity contribution in [2.75, 3.05) is 25.7 Å². The molecule has 6 heteroatoms. The number of nitrogens with one attached hydrogen (secondary N) is 1. The van der Waals surface area contributed by atoms with Crippen LogP contribution >= 0.6 is 0 Å². The topological polar surface area (TPSA) is 67.9 Å². The van der Waals surface area contributed by atoms with E-state index in [9.17, 15) is 9.59 Å². The second-order valence-electron chi connectivity index (χ2n) is 7.02. The van der Waals surface area contributed by atoms with E-state index in [4.69, 9.17) is 9.47 Å². The van der Waals surface area contributed by atoms with Crippen LogP contribution in [-0.2, 0) is 11.2 Å². The number of hydrogen-bond donors (Lipinski definition) is 1. The number of ketones is 1. The molecule has 1 heterocycles. The maximum atomic E-state index is 12.6. The van der Waals surface area contributed by atoms with Gasteiger partial charge in [-0.3, -0.25) is 14.5 Å². The zero-order chi connectivity index (χ0) is 19.0. The summed E-state index contributed by atoms with van der Waals surface area (Å²) < 4.78 is 10.7. The molecular weight excluding hydrogens is 344 g/mol. The van der Waals surface area contributed by atoms with Crippen molar-refractivity contribution in [1.82, 2.24) is 4.90 Å². The predicted molar refractivity (Wildman–Crippen MR) is 101 cm³/mol. The molecule has 0 aromatic heterocycles. The molecule has 1 amide bonds. The van der Waals surface area contributed by atoms with E-state index in [1.807, 2.05) is 13.1 Å². The van der Waals surface area contributed by atoms with Gasteiger partial charge in [0, 0.05) is 17.7 Å². The largest absolute Gasteiger partial charge is 0.454 e. The summed E-state index contributed by atoms with van der Waals surface area (Å²) in [6.45, 7) is 1.83. The molecule has 0 spiro atoms. The summed E-state index contributed by atoms with van der Waals surface area (Å²) >= 11 is 0. The summed E-state index contributed by atoms with van der Waals surface area (Å²) in [5.41, 5.74) is 3.52. The molecule has 6 nitrogen and oxygen atoms in total. The molecule has 2 aromatic carbocycles. The summed E-state index contributed by atoms with van der Waals surface area (Å²) in [7, 11) is 1.96. The summed E-state index contributed by atoms with van der Waals surface area (Å²) in [4.78, 5) is 26.6. The van der Waals surface area contributed by atoms with Gasteiger partial charge in [0.1, 0.15) is 0 Å². The molecular formula is C21H22N2O4. The number of hydrogen-bond acceptors (Lipinski definition) is 5. The molecule has 0 bridgehead atoms. The standard InChI is InChI=1S/C21H22N2O4/c1-13(24)16-9-19-20(27-12-26-19)10-17(16)22-21(25)11-23(2)18-8-7-14-5-3-4-6-15(14)18/h3-6,9-10,18H,7-8,11-12H2,1-2H3,(H,22,25)/t18-/m1/s1. The summed E-state index contributed by atoms with van der Waals surface area (Å²) in [5.74, 6) is 0.760. The quantitative estimate of drug-likeness (QED) is 0.823. The highest BCUT2D eigenvalue weighted by molar-refractivity contribution is 6.05. The Kier molecular flexibility index (Phi) is 4.58. The van der Waals surface area contributed by atoms with E-state index in [1.54, 1.807) is 12.1 Å². The maximum absolute atomic E-state index is 12.6. The average Bonchev–Trinajstić information content (AvgIpc) is 3.26. The van der Waals surface area contributed by atoms with Crippen molar-refractivity contribution < 1.29 is 19.1 Å². The number of anilines is 1. The van der Waals surface area contributed by atoms with Crippen LogP contribution in [0.1, 0.15) is 40.9 Å². The summed E-state index contributed by atoms with van der Waals surface area (Å²) in [6.07, 6.45) is 2.04. The van der Waals surface area contributed by atoms with Crippen molar-refractivity contribution in [2.24, 2.45) is 0 Å². The van der Waals surface area contributed by atoms with Crippen molar-refractivity contribution in [2.45, 2.75) is 25.8 Å². The molecule has 1 aliphatic carbocycles. The molecule has 4 rings (SSSR count). The third-order valence-corrected chi connectivity index (χ3v) is 5.19. The third kappa shape index (κ3) is 3.40. The van der Waals surface area contributed by atoms with Crippen LogP contribution < -0.4 is 14.8 Å². The van der Waals surface area contributed by atoms with Crippen LogP contribution in [0.15, 0.2) is 36.4 Å². The van der Waals surface area contributed by atoms with Gasteiger partial charge in [0.15, 0.2) is 17.3 Å². The Labute approximate surface area is 158 Å². The molecule has 0 saturated carbocycles. The van der Waals surface area contributed by atoms with Gasteiger partial charge in [0.25, 0.3) is 0 Å². The van der Waals surface area contributed by atoms with Gasteiger partial charge in [-0.05, 0) is 44.0 Å². The van der Waals surface area contributed by atoms with Crippen LogP contribution in [0.5, 0.6) is 11.5 Å². The molecule has 1 aliphatic heterocycles. The second kappa shape index (κ2) is 7.04. The molecule has 0 fully saturated rings. The fourth-order valence-electron chi connectivity index (χ4n) is 3.86.